The normalized spacial score (nSPS) is 13.8. The first kappa shape index (κ1) is 26.2. The average molecular weight is 559 g/mol. The van der Waals surface area contributed by atoms with Gasteiger partial charge in [-0.2, -0.15) is 9.50 Å². The Hall–Kier alpha value is -4.72. The van der Waals surface area contributed by atoms with E-state index in [-0.39, 0.29) is 5.56 Å². The highest BCUT2D eigenvalue weighted by molar-refractivity contribution is 5.74. The number of hydrogen-bond donors (Lipinski definition) is 0. The van der Waals surface area contributed by atoms with Crippen LogP contribution in [0.15, 0.2) is 89.7 Å². The Morgan fingerprint density at radius 2 is 1.50 bits per heavy atom. The van der Waals surface area contributed by atoms with E-state index in [4.69, 9.17) is 19.8 Å². The smallest absolute Gasteiger partial charge is 0.283 e. The first-order valence-electron chi connectivity index (χ1n) is 14.9. The quantitative estimate of drug-likeness (QED) is 0.213. The van der Waals surface area contributed by atoms with Crippen LogP contribution >= 0.6 is 0 Å². The van der Waals surface area contributed by atoms with Gasteiger partial charge in [-0.15, -0.1) is 5.10 Å². The molecule has 0 radical (unpaired) electrons. The van der Waals surface area contributed by atoms with Crippen LogP contribution in [0, 0.1) is 0 Å². The van der Waals surface area contributed by atoms with Crippen molar-refractivity contribution in [2.75, 3.05) is 0 Å². The van der Waals surface area contributed by atoms with E-state index in [1.165, 1.54) is 18.4 Å². The van der Waals surface area contributed by atoms with Crippen molar-refractivity contribution in [3.05, 3.63) is 124 Å². The van der Waals surface area contributed by atoms with Crippen molar-refractivity contribution >= 4 is 16.9 Å². The molecule has 1 saturated carbocycles. The molecule has 212 valence electrons. The zero-order valence-electron chi connectivity index (χ0n) is 23.8. The van der Waals surface area contributed by atoms with Crippen LogP contribution in [-0.4, -0.2) is 28.7 Å². The van der Waals surface area contributed by atoms with E-state index in [1.807, 2.05) is 60.0 Å². The summed E-state index contributed by atoms with van der Waals surface area (Å²) in [5.41, 5.74) is 4.46. The summed E-state index contributed by atoms with van der Waals surface area (Å²) in [4.78, 5) is 23.7. The summed E-state index contributed by atoms with van der Waals surface area (Å²) in [5.74, 6) is 3.37. The number of rotatable bonds is 9. The molecule has 1 aliphatic rings. The van der Waals surface area contributed by atoms with Crippen LogP contribution < -0.4 is 10.3 Å². The molecule has 42 heavy (non-hydrogen) atoms. The highest BCUT2D eigenvalue weighted by Crippen LogP contribution is 2.35. The molecule has 0 saturated heterocycles. The van der Waals surface area contributed by atoms with Crippen LogP contribution in [0.3, 0.4) is 0 Å². The molecule has 0 N–H and O–H groups in total. The first-order valence-corrected chi connectivity index (χ1v) is 14.9. The van der Waals surface area contributed by atoms with Gasteiger partial charge in [-0.05, 0) is 48.6 Å². The highest BCUT2D eigenvalue weighted by atomic mass is 16.5. The van der Waals surface area contributed by atoms with Crippen LogP contribution in [0.25, 0.3) is 16.9 Å². The number of imidazole rings is 1. The second-order valence-electron chi connectivity index (χ2n) is 11.1. The van der Waals surface area contributed by atoms with E-state index in [0.29, 0.717) is 49.2 Å². The number of benzene rings is 3. The molecule has 0 bridgehead atoms. The van der Waals surface area contributed by atoms with E-state index in [9.17, 15) is 4.79 Å². The van der Waals surface area contributed by atoms with E-state index >= 15 is 0 Å². The van der Waals surface area contributed by atoms with Crippen LogP contribution in [0.4, 0.5) is 0 Å². The Morgan fingerprint density at radius 1 is 0.810 bits per heavy atom. The SMILES string of the molecule is CCn1c(=O)c2nc(C3CCCC3)n(Cc3ccccc3)c2n2nc(Cc3ccc(OCc4ccccc4)cc3)nc12. The minimum absolute atomic E-state index is 0.107. The molecule has 1 fully saturated rings. The fourth-order valence-electron chi connectivity index (χ4n) is 6.10. The van der Waals surface area contributed by atoms with Crippen molar-refractivity contribution < 1.29 is 4.74 Å². The Kier molecular flexibility index (Phi) is 7.03. The van der Waals surface area contributed by atoms with Gasteiger partial charge in [0.05, 0.1) is 6.54 Å². The first-order chi connectivity index (χ1) is 20.7. The molecule has 0 atom stereocenters. The summed E-state index contributed by atoms with van der Waals surface area (Å²) in [6, 6.07) is 28.6. The van der Waals surface area contributed by atoms with Crippen molar-refractivity contribution in [2.24, 2.45) is 0 Å². The number of nitrogens with zero attached hydrogens (tertiary/aromatic N) is 6. The molecule has 8 heteroatoms. The Bertz CT molecular complexity index is 1880. The van der Waals surface area contributed by atoms with Gasteiger partial charge in [0.2, 0.25) is 5.78 Å². The van der Waals surface area contributed by atoms with Gasteiger partial charge in [-0.3, -0.25) is 9.36 Å². The summed E-state index contributed by atoms with van der Waals surface area (Å²) in [5, 5.41) is 4.98. The molecule has 6 aromatic rings. The summed E-state index contributed by atoms with van der Waals surface area (Å²) in [6.07, 6.45) is 5.12. The van der Waals surface area contributed by atoms with Gasteiger partial charge in [-0.1, -0.05) is 85.6 Å². The maximum absolute atomic E-state index is 13.8. The third-order valence-electron chi connectivity index (χ3n) is 8.25. The molecule has 3 aromatic carbocycles. The van der Waals surface area contributed by atoms with Crippen LogP contribution in [0.5, 0.6) is 5.75 Å². The fourth-order valence-corrected chi connectivity index (χ4v) is 6.10. The van der Waals surface area contributed by atoms with Gasteiger partial charge >= 0.3 is 0 Å². The Morgan fingerprint density at radius 3 is 2.19 bits per heavy atom. The zero-order valence-corrected chi connectivity index (χ0v) is 23.8. The van der Waals surface area contributed by atoms with Crippen molar-refractivity contribution in [2.45, 2.75) is 64.6 Å². The Labute approximate surface area is 244 Å². The van der Waals surface area contributed by atoms with Crippen LogP contribution in [0.1, 0.15) is 66.9 Å². The number of hydrogen-bond acceptors (Lipinski definition) is 5. The van der Waals surface area contributed by atoms with Crippen LogP contribution in [0.2, 0.25) is 0 Å². The van der Waals surface area contributed by atoms with Gasteiger partial charge in [-0.25, -0.2) is 4.98 Å². The molecule has 0 spiro atoms. The number of aromatic nitrogens is 6. The number of ether oxygens (including phenoxy) is 1. The summed E-state index contributed by atoms with van der Waals surface area (Å²) in [7, 11) is 0. The van der Waals surface area contributed by atoms with E-state index in [2.05, 4.69) is 41.0 Å². The third kappa shape index (κ3) is 4.98. The highest BCUT2D eigenvalue weighted by Gasteiger charge is 2.28. The fraction of sp³-hybridized carbons (Fsp3) is 0.294. The molecular weight excluding hydrogens is 524 g/mol. The second kappa shape index (κ2) is 11.3. The van der Waals surface area contributed by atoms with Gasteiger partial charge in [0, 0.05) is 18.9 Å². The predicted molar refractivity (Wildman–Crippen MR) is 163 cm³/mol. The monoisotopic (exact) mass is 558 g/mol. The van der Waals surface area contributed by atoms with E-state index in [0.717, 1.165) is 41.2 Å². The molecule has 7 rings (SSSR count). The van der Waals surface area contributed by atoms with E-state index < -0.39 is 0 Å². The molecule has 8 nitrogen and oxygen atoms in total. The van der Waals surface area contributed by atoms with Crippen molar-refractivity contribution in [3.8, 4) is 5.75 Å². The minimum Gasteiger partial charge on any atom is -0.489 e. The molecule has 0 unspecified atom stereocenters. The standard InChI is InChI=1S/C34H34N6O2/c1-2-38-33(41)30-32(39(22-25-11-5-3-6-12-25)31(36-30)27-15-9-10-16-27)40-34(38)35-29(37-40)21-24-17-19-28(20-18-24)42-23-26-13-7-4-8-14-26/h3-8,11-14,17-20,27H,2,9-10,15-16,21-23H2,1H3. The topological polar surface area (TPSA) is 79.2 Å². The van der Waals surface area contributed by atoms with Crippen LogP contribution in [-0.2, 0) is 26.1 Å². The number of aryl methyl sites for hydroxylation is 1. The van der Waals surface area contributed by atoms with Gasteiger partial charge in [0.1, 0.15) is 18.2 Å². The maximum Gasteiger partial charge on any atom is 0.283 e. The number of fused-ring (bicyclic) bond motifs is 3. The molecule has 3 heterocycles. The predicted octanol–water partition coefficient (Wildman–Crippen LogP) is 6.14. The van der Waals surface area contributed by atoms with Gasteiger partial charge in [0.25, 0.3) is 5.56 Å². The lowest BCUT2D eigenvalue weighted by atomic mass is 10.1. The average Bonchev–Trinajstić information content (AvgIpc) is 3.78. The molecule has 1 aliphatic carbocycles. The maximum atomic E-state index is 13.8. The summed E-state index contributed by atoms with van der Waals surface area (Å²) >= 11 is 0. The third-order valence-corrected chi connectivity index (χ3v) is 8.25. The van der Waals surface area contributed by atoms with Crippen molar-refractivity contribution in [3.63, 3.8) is 0 Å². The summed E-state index contributed by atoms with van der Waals surface area (Å²) < 4.78 is 11.7. The lowest BCUT2D eigenvalue weighted by Gasteiger charge is -2.14. The Balaban J connectivity index is 1.26. The largest absolute Gasteiger partial charge is 0.489 e. The lowest BCUT2D eigenvalue weighted by Crippen LogP contribution is -2.23. The molecular formula is C34H34N6O2. The summed E-state index contributed by atoms with van der Waals surface area (Å²) in [6.45, 7) is 3.62. The van der Waals surface area contributed by atoms with Gasteiger partial charge in [0.15, 0.2) is 17.0 Å². The second-order valence-corrected chi connectivity index (χ2v) is 11.1. The molecule has 0 amide bonds. The molecule has 0 aliphatic heterocycles. The van der Waals surface area contributed by atoms with Gasteiger partial charge < -0.3 is 9.30 Å². The van der Waals surface area contributed by atoms with Crippen molar-refractivity contribution in [1.82, 2.24) is 28.7 Å². The van der Waals surface area contributed by atoms with Crippen molar-refractivity contribution in [1.29, 1.82) is 0 Å². The molecule has 3 aromatic heterocycles. The lowest BCUT2D eigenvalue weighted by molar-refractivity contribution is 0.306. The van der Waals surface area contributed by atoms with E-state index in [1.54, 1.807) is 4.57 Å². The minimum atomic E-state index is -0.107. The zero-order chi connectivity index (χ0) is 28.5.